The molecular formula is C29H40Cl3F3N4O4S. The lowest BCUT2D eigenvalue weighted by molar-refractivity contribution is -0.137. The van der Waals surface area contributed by atoms with Gasteiger partial charge in [-0.1, -0.05) is 23.7 Å². The van der Waals surface area contributed by atoms with E-state index in [0.29, 0.717) is 37.1 Å². The van der Waals surface area contributed by atoms with E-state index in [1.54, 1.807) is 17.0 Å². The number of benzene rings is 2. The second-order valence-corrected chi connectivity index (χ2v) is 13.9. The lowest BCUT2D eigenvalue weighted by atomic mass is 10.00. The van der Waals surface area contributed by atoms with E-state index in [9.17, 15) is 26.4 Å². The van der Waals surface area contributed by atoms with Crippen molar-refractivity contribution in [1.29, 1.82) is 0 Å². The van der Waals surface area contributed by atoms with Crippen LogP contribution in [0, 0.1) is 0 Å². The van der Waals surface area contributed by atoms with Crippen LogP contribution in [0.3, 0.4) is 0 Å². The van der Waals surface area contributed by atoms with Gasteiger partial charge >= 0.3 is 6.18 Å². The van der Waals surface area contributed by atoms with Crippen LogP contribution < -0.4 is 0 Å². The summed E-state index contributed by atoms with van der Waals surface area (Å²) in [5, 5.41) is 0.574. The number of alkyl halides is 3. The Morgan fingerprint density at radius 3 is 2.11 bits per heavy atom. The lowest BCUT2D eigenvalue weighted by Crippen LogP contribution is -2.57. The van der Waals surface area contributed by atoms with Gasteiger partial charge in [0.1, 0.15) is 0 Å². The van der Waals surface area contributed by atoms with Crippen molar-refractivity contribution in [2.45, 2.75) is 49.6 Å². The maximum Gasteiger partial charge on any atom is 0.416 e. The van der Waals surface area contributed by atoms with Crippen LogP contribution in [-0.2, 0) is 27.4 Å². The third-order valence-electron chi connectivity index (χ3n) is 7.70. The van der Waals surface area contributed by atoms with Gasteiger partial charge in [0, 0.05) is 76.5 Å². The summed E-state index contributed by atoms with van der Waals surface area (Å²) in [6.07, 6.45) is -4.07. The number of ether oxygens (including phenoxy) is 1. The van der Waals surface area contributed by atoms with E-state index < -0.39 is 32.6 Å². The van der Waals surface area contributed by atoms with Gasteiger partial charge in [0.2, 0.25) is 10.0 Å². The van der Waals surface area contributed by atoms with E-state index >= 15 is 0 Å². The highest BCUT2D eigenvalue weighted by atomic mass is 35.5. The summed E-state index contributed by atoms with van der Waals surface area (Å²) < 4.78 is 73.7. The lowest BCUT2D eigenvalue weighted by Gasteiger charge is -2.43. The first-order valence-electron chi connectivity index (χ1n) is 13.9. The summed E-state index contributed by atoms with van der Waals surface area (Å²) in [4.78, 5) is 19.5. The minimum absolute atomic E-state index is 0. The van der Waals surface area contributed by atoms with Crippen molar-refractivity contribution in [2.24, 2.45) is 0 Å². The molecule has 0 saturated carbocycles. The molecule has 0 aliphatic carbocycles. The fourth-order valence-corrected chi connectivity index (χ4v) is 6.72. The summed E-state index contributed by atoms with van der Waals surface area (Å²) in [7, 11) is -1.75. The SMILES string of the molecule is CC1CN(CCN2CCN(C(=O)c3cc(C(F)(F)F)cc(S(=O)(=O)N(C)C)c3)[C@H](Cc3ccc(Cl)cc3)C2)CC(C)O1.Cl.Cl. The standard InChI is InChI=1S/C29H38ClF3N4O4S.2ClH/c1-20-17-36(18-21(2)41-20)10-9-35-11-12-37(26(19-35)13-22-5-7-25(30)8-6-22)28(38)23-14-24(29(31,32)33)16-27(15-23)42(39,40)34(3)4;;/h5-8,14-16,20-21,26H,9-13,17-19H2,1-4H3;2*1H/t20?,21?,26-;;/m1../s1. The Morgan fingerprint density at radius 2 is 1.55 bits per heavy atom. The van der Waals surface area contributed by atoms with Gasteiger partial charge in [-0.2, -0.15) is 13.2 Å². The van der Waals surface area contributed by atoms with Gasteiger partial charge in [0.15, 0.2) is 0 Å². The maximum atomic E-state index is 13.9. The smallest absolute Gasteiger partial charge is 0.373 e. The molecule has 2 fully saturated rings. The quantitative estimate of drug-likeness (QED) is 0.389. The molecule has 2 heterocycles. The Morgan fingerprint density at radius 1 is 0.955 bits per heavy atom. The molecule has 2 unspecified atom stereocenters. The average molecular weight is 704 g/mol. The van der Waals surface area contributed by atoms with Gasteiger partial charge in [0.25, 0.3) is 5.91 Å². The molecule has 2 aliphatic heterocycles. The number of amides is 1. The molecule has 2 aromatic rings. The molecule has 1 amide bonds. The fraction of sp³-hybridized carbons (Fsp3) is 0.552. The summed E-state index contributed by atoms with van der Waals surface area (Å²) in [5.74, 6) is -0.634. The first kappa shape index (κ1) is 38.5. The molecule has 0 N–H and O–H groups in total. The van der Waals surface area contributed by atoms with Crippen molar-refractivity contribution in [2.75, 3.05) is 59.9 Å². The normalized spacial score (nSPS) is 21.9. The van der Waals surface area contributed by atoms with Crippen LogP contribution in [0.4, 0.5) is 13.2 Å². The third-order valence-corrected chi connectivity index (χ3v) is 9.74. The van der Waals surface area contributed by atoms with E-state index in [4.69, 9.17) is 16.3 Å². The van der Waals surface area contributed by atoms with Gasteiger partial charge in [0.05, 0.1) is 22.7 Å². The molecule has 4 rings (SSSR count). The number of hydrogen-bond donors (Lipinski definition) is 0. The molecule has 44 heavy (non-hydrogen) atoms. The third kappa shape index (κ3) is 9.68. The number of halogens is 6. The highest BCUT2D eigenvalue weighted by molar-refractivity contribution is 7.89. The summed E-state index contributed by atoms with van der Waals surface area (Å²) in [6.45, 7) is 8.74. The molecule has 2 aliphatic rings. The van der Waals surface area contributed by atoms with E-state index in [1.807, 2.05) is 12.1 Å². The number of carbonyl (C=O) groups excluding carboxylic acids is 1. The molecule has 0 aromatic heterocycles. The fourth-order valence-electron chi connectivity index (χ4n) is 5.62. The Labute approximate surface area is 275 Å². The summed E-state index contributed by atoms with van der Waals surface area (Å²) in [6, 6.07) is 9.26. The molecular weight excluding hydrogens is 664 g/mol. The predicted molar refractivity (Wildman–Crippen MR) is 170 cm³/mol. The Bertz CT molecular complexity index is 1360. The zero-order chi connectivity index (χ0) is 30.8. The van der Waals surface area contributed by atoms with Crippen LogP contribution in [-0.4, -0.2) is 111 Å². The predicted octanol–water partition coefficient (Wildman–Crippen LogP) is 4.93. The van der Waals surface area contributed by atoms with Crippen molar-refractivity contribution in [1.82, 2.24) is 19.0 Å². The molecule has 15 heteroatoms. The summed E-state index contributed by atoms with van der Waals surface area (Å²) >= 11 is 6.07. The summed E-state index contributed by atoms with van der Waals surface area (Å²) in [5.41, 5.74) is -0.563. The molecule has 0 spiro atoms. The minimum atomic E-state index is -4.83. The van der Waals surface area contributed by atoms with Crippen LogP contribution >= 0.6 is 36.4 Å². The van der Waals surface area contributed by atoms with Gasteiger partial charge in [-0.3, -0.25) is 14.6 Å². The largest absolute Gasteiger partial charge is 0.416 e. The highest BCUT2D eigenvalue weighted by Crippen LogP contribution is 2.33. The van der Waals surface area contributed by atoms with Gasteiger partial charge in [-0.15, -0.1) is 24.8 Å². The van der Waals surface area contributed by atoms with Crippen molar-refractivity contribution in [3.63, 3.8) is 0 Å². The average Bonchev–Trinajstić information content (AvgIpc) is 2.91. The van der Waals surface area contributed by atoms with Crippen LogP contribution in [0.2, 0.25) is 5.02 Å². The molecule has 0 bridgehead atoms. The first-order valence-corrected chi connectivity index (χ1v) is 15.8. The number of carbonyl (C=O) groups is 1. The number of sulfonamides is 1. The number of piperazine rings is 1. The van der Waals surface area contributed by atoms with Crippen molar-refractivity contribution >= 4 is 52.3 Å². The van der Waals surface area contributed by atoms with Crippen LogP contribution in [0.5, 0.6) is 0 Å². The molecule has 2 saturated heterocycles. The Kier molecular flexibility index (Phi) is 13.8. The Hall–Kier alpha value is -1.64. The zero-order valence-electron chi connectivity index (χ0n) is 25.1. The van der Waals surface area contributed by atoms with Crippen LogP contribution in [0.25, 0.3) is 0 Å². The van der Waals surface area contributed by atoms with E-state index in [0.717, 1.165) is 48.2 Å². The second-order valence-electron chi connectivity index (χ2n) is 11.3. The van der Waals surface area contributed by atoms with Gasteiger partial charge in [-0.25, -0.2) is 12.7 Å². The second kappa shape index (κ2) is 15.8. The monoisotopic (exact) mass is 702 g/mol. The van der Waals surface area contributed by atoms with E-state index in [1.165, 1.54) is 14.1 Å². The maximum absolute atomic E-state index is 13.9. The van der Waals surface area contributed by atoms with Gasteiger partial charge < -0.3 is 9.64 Å². The molecule has 2 aromatic carbocycles. The molecule has 0 radical (unpaired) electrons. The Balaban J connectivity index is 0.00000337. The minimum Gasteiger partial charge on any atom is -0.373 e. The molecule has 8 nitrogen and oxygen atoms in total. The number of rotatable bonds is 8. The van der Waals surface area contributed by atoms with E-state index in [2.05, 4.69) is 23.6 Å². The number of hydrogen-bond acceptors (Lipinski definition) is 6. The first-order chi connectivity index (χ1) is 19.6. The van der Waals surface area contributed by atoms with E-state index in [-0.39, 0.29) is 48.6 Å². The van der Waals surface area contributed by atoms with Gasteiger partial charge in [-0.05, 0) is 56.2 Å². The zero-order valence-corrected chi connectivity index (χ0v) is 28.3. The topological polar surface area (TPSA) is 73.4 Å². The van der Waals surface area contributed by atoms with Crippen molar-refractivity contribution < 1.29 is 31.1 Å². The van der Waals surface area contributed by atoms with Crippen molar-refractivity contribution in [3.8, 4) is 0 Å². The van der Waals surface area contributed by atoms with Crippen LogP contribution in [0.1, 0.15) is 35.3 Å². The highest BCUT2D eigenvalue weighted by Gasteiger charge is 2.36. The molecule has 3 atom stereocenters. The molecule has 248 valence electrons. The van der Waals surface area contributed by atoms with Crippen molar-refractivity contribution in [3.05, 3.63) is 64.2 Å². The number of nitrogens with zero attached hydrogens (tertiary/aromatic N) is 4. The van der Waals surface area contributed by atoms with Crippen LogP contribution in [0.15, 0.2) is 47.4 Å². The number of morpholine rings is 1.